The lowest BCUT2D eigenvalue weighted by Gasteiger charge is -2.10. The average Bonchev–Trinajstić information content (AvgIpc) is 3.70. The summed E-state index contributed by atoms with van der Waals surface area (Å²) in [5.74, 6) is 0. The molecular weight excluding hydrogens is 607 g/mol. The van der Waals surface area contributed by atoms with E-state index >= 15 is 0 Å². The van der Waals surface area contributed by atoms with Crippen LogP contribution in [0.2, 0.25) is 0 Å². The molecule has 3 nitrogen and oxygen atoms in total. The maximum absolute atomic E-state index is 9.77. The van der Waals surface area contributed by atoms with Gasteiger partial charge in [-0.05, 0) is 106 Å². The van der Waals surface area contributed by atoms with Crippen LogP contribution in [0.5, 0.6) is 0 Å². The van der Waals surface area contributed by atoms with Gasteiger partial charge in [0.15, 0.2) is 0 Å². The molecule has 0 aliphatic heterocycles. The van der Waals surface area contributed by atoms with Gasteiger partial charge >= 0.3 is 0 Å². The van der Waals surface area contributed by atoms with Crippen LogP contribution in [-0.2, 0) is 0 Å². The van der Waals surface area contributed by atoms with E-state index in [1.54, 1.807) is 0 Å². The lowest BCUT2D eigenvalue weighted by atomic mass is 9.98. The van der Waals surface area contributed by atoms with Gasteiger partial charge in [-0.25, -0.2) is 0 Å². The molecule has 2 heterocycles. The minimum Gasteiger partial charge on any atom is -0.309 e. The first-order valence-electron chi connectivity index (χ1n) is 16.9. The number of hydrogen-bond acceptors (Lipinski definition) is 1. The molecule has 0 unspecified atom stereocenters. The van der Waals surface area contributed by atoms with Crippen LogP contribution in [-0.4, -0.2) is 9.13 Å². The largest absolute Gasteiger partial charge is 0.309 e. The Morgan fingerprint density at radius 1 is 0.340 bits per heavy atom. The fourth-order valence-corrected chi connectivity index (χ4v) is 7.73. The maximum Gasteiger partial charge on any atom is 0.0991 e. The molecule has 0 N–H and O–H groups in total. The Hall–Kier alpha value is -6.89. The molecule has 50 heavy (non-hydrogen) atoms. The summed E-state index contributed by atoms with van der Waals surface area (Å²) in [6, 6.07) is 65.1. The first-order chi connectivity index (χ1) is 24.7. The Morgan fingerprint density at radius 3 is 1.56 bits per heavy atom. The Labute approximate surface area is 289 Å². The zero-order valence-corrected chi connectivity index (χ0v) is 27.1. The minimum absolute atomic E-state index is 0.661. The Morgan fingerprint density at radius 2 is 0.860 bits per heavy atom. The van der Waals surface area contributed by atoms with Crippen LogP contribution < -0.4 is 0 Å². The summed E-state index contributed by atoms with van der Waals surface area (Å²) in [5.41, 5.74) is 12.2. The van der Waals surface area contributed by atoms with Crippen molar-refractivity contribution in [1.29, 1.82) is 5.26 Å². The fraction of sp³-hybridized carbons (Fsp3) is 0. The number of aromatic nitrogens is 2. The highest BCUT2D eigenvalue weighted by Gasteiger charge is 2.16. The van der Waals surface area contributed by atoms with Crippen molar-refractivity contribution in [2.24, 2.45) is 0 Å². The van der Waals surface area contributed by atoms with E-state index in [1.807, 2.05) is 12.1 Å². The van der Waals surface area contributed by atoms with Gasteiger partial charge in [-0.1, -0.05) is 103 Å². The number of nitrogens with zero attached hydrogens (tertiary/aromatic N) is 3. The smallest absolute Gasteiger partial charge is 0.0991 e. The number of rotatable bonds is 4. The molecule has 0 radical (unpaired) electrons. The van der Waals surface area contributed by atoms with E-state index in [1.165, 1.54) is 43.7 Å². The predicted molar refractivity (Wildman–Crippen MR) is 208 cm³/mol. The molecule has 0 amide bonds. The Balaban J connectivity index is 1.07. The number of benzene rings is 8. The highest BCUT2D eigenvalue weighted by molar-refractivity contribution is 6.12. The quantitative estimate of drug-likeness (QED) is 0.189. The van der Waals surface area contributed by atoms with Gasteiger partial charge in [0.05, 0.1) is 33.7 Å². The SMILES string of the molecule is N#Cc1ccc2c(c1)c1cc(-c3ccc(-c4ccc5c(c4)c4ccccc4n5-c4ccccc4)cc3)ccc1n2-c1ccc2ccccc2c1. The van der Waals surface area contributed by atoms with Gasteiger partial charge in [-0.2, -0.15) is 5.26 Å². The molecule has 0 bridgehead atoms. The van der Waals surface area contributed by atoms with Gasteiger partial charge < -0.3 is 9.13 Å². The van der Waals surface area contributed by atoms with Crippen LogP contribution in [0.4, 0.5) is 0 Å². The highest BCUT2D eigenvalue weighted by Crippen LogP contribution is 2.38. The molecule has 3 heteroatoms. The van der Waals surface area contributed by atoms with Crippen LogP contribution in [0.25, 0.3) is 88.0 Å². The molecule has 0 fully saturated rings. The summed E-state index contributed by atoms with van der Waals surface area (Å²) < 4.78 is 4.67. The van der Waals surface area contributed by atoms with Crippen molar-refractivity contribution in [3.05, 3.63) is 181 Å². The van der Waals surface area contributed by atoms with Crippen LogP contribution in [0, 0.1) is 11.3 Å². The molecule has 0 aliphatic rings. The lowest BCUT2D eigenvalue weighted by Crippen LogP contribution is -1.94. The molecule has 10 rings (SSSR count). The number of para-hydroxylation sites is 2. The van der Waals surface area contributed by atoms with Crippen molar-refractivity contribution in [3.8, 4) is 39.7 Å². The van der Waals surface area contributed by atoms with Crippen molar-refractivity contribution in [2.45, 2.75) is 0 Å². The number of nitriles is 1. The van der Waals surface area contributed by atoms with Gasteiger partial charge in [0.1, 0.15) is 0 Å². The second-order valence-electron chi connectivity index (χ2n) is 12.9. The van der Waals surface area contributed by atoms with Gasteiger partial charge in [0, 0.05) is 32.9 Å². The van der Waals surface area contributed by atoms with Gasteiger partial charge in [0.2, 0.25) is 0 Å². The fourth-order valence-electron chi connectivity index (χ4n) is 7.73. The maximum atomic E-state index is 9.77. The van der Waals surface area contributed by atoms with Crippen LogP contribution in [0.15, 0.2) is 176 Å². The number of hydrogen-bond donors (Lipinski definition) is 0. The minimum atomic E-state index is 0.661. The molecule has 0 aliphatic carbocycles. The first kappa shape index (κ1) is 28.2. The zero-order valence-electron chi connectivity index (χ0n) is 27.1. The van der Waals surface area contributed by atoms with Crippen molar-refractivity contribution < 1.29 is 0 Å². The number of fused-ring (bicyclic) bond motifs is 7. The van der Waals surface area contributed by atoms with Crippen LogP contribution in [0.3, 0.4) is 0 Å². The molecule has 0 saturated heterocycles. The lowest BCUT2D eigenvalue weighted by molar-refractivity contribution is 1.18. The van der Waals surface area contributed by atoms with E-state index in [0.717, 1.165) is 44.3 Å². The van der Waals surface area contributed by atoms with E-state index in [-0.39, 0.29) is 0 Å². The van der Waals surface area contributed by atoms with Crippen molar-refractivity contribution >= 4 is 54.4 Å². The van der Waals surface area contributed by atoms with E-state index in [2.05, 4.69) is 179 Å². The van der Waals surface area contributed by atoms with Crippen LogP contribution >= 0.6 is 0 Å². The van der Waals surface area contributed by atoms with Crippen LogP contribution in [0.1, 0.15) is 5.56 Å². The van der Waals surface area contributed by atoms with Gasteiger partial charge in [0.25, 0.3) is 0 Å². The van der Waals surface area contributed by atoms with Crippen molar-refractivity contribution in [2.75, 3.05) is 0 Å². The standard InChI is InChI=1S/C47H29N3/c48-30-31-14-23-45-41(26-31)43-29-37(21-25-47(43)50(45)39-22-19-32-8-4-5-9-35(32)27-39)34-17-15-33(16-18-34)36-20-24-46-42(28-36)40-12-6-7-13-44(40)49(46)38-10-2-1-3-11-38/h1-29H. The topological polar surface area (TPSA) is 33.6 Å². The highest BCUT2D eigenvalue weighted by atomic mass is 15.0. The summed E-state index contributed by atoms with van der Waals surface area (Å²) in [6.07, 6.45) is 0. The van der Waals surface area contributed by atoms with E-state index in [0.29, 0.717) is 5.56 Å². The molecule has 0 spiro atoms. The Bertz CT molecular complexity index is 2970. The molecule has 8 aromatic carbocycles. The summed E-state index contributed by atoms with van der Waals surface area (Å²) in [6.45, 7) is 0. The molecule has 0 atom stereocenters. The van der Waals surface area contributed by atoms with Gasteiger partial charge in [-0.3, -0.25) is 0 Å². The molecule has 232 valence electrons. The zero-order chi connectivity index (χ0) is 33.2. The van der Waals surface area contributed by atoms with E-state index < -0.39 is 0 Å². The Kier molecular flexibility index (Phi) is 6.24. The third kappa shape index (κ3) is 4.36. The second kappa shape index (κ2) is 11.1. The molecule has 0 saturated carbocycles. The summed E-state index contributed by atoms with van der Waals surface area (Å²) in [4.78, 5) is 0. The normalized spacial score (nSPS) is 11.6. The first-order valence-corrected chi connectivity index (χ1v) is 16.9. The van der Waals surface area contributed by atoms with Crippen molar-refractivity contribution in [3.63, 3.8) is 0 Å². The summed E-state index contributed by atoms with van der Waals surface area (Å²) >= 11 is 0. The predicted octanol–water partition coefficient (Wildman–Crippen LogP) is 12.2. The van der Waals surface area contributed by atoms with Gasteiger partial charge in [-0.15, -0.1) is 0 Å². The molecule has 10 aromatic rings. The van der Waals surface area contributed by atoms with Crippen molar-refractivity contribution in [1.82, 2.24) is 9.13 Å². The third-order valence-electron chi connectivity index (χ3n) is 10.1. The monoisotopic (exact) mass is 635 g/mol. The second-order valence-corrected chi connectivity index (χ2v) is 12.9. The summed E-state index contributed by atoms with van der Waals surface area (Å²) in [7, 11) is 0. The van der Waals surface area contributed by atoms with E-state index in [4.69, 9.17) is 0 Å². The summed E-state index contributed by atoms with van der Waals surface area (Å²) in [5, 5.41) is 16.9. The third-order valence-corrected chi connectivity index (χ3v) is 10.1. The molecule has 2 aromatic heterocycles. The molecular formula is C47H29N3. The van der Waals surface area contributed by atoms with E-state index in [9.17, 15) is 5.26 Å². The average molecular weight is 636 g/mol.